The normalized spacial score (nSPS) is 10.8. The average Bonchev–Trinajstić information content (AvgIpc) is 2.79. The van der Waals surface area contributed by atoms with E-state index in [1.165, 1.54) is 6.07 Å². The number of aromatic nitrogens is 1. The lowest BCUT2D eigenvalue weighted by Crippen LogP contribution is -1.90. The minimum atomic E-state index is -0.189. The lowest BCUT2D eigenvalue weighted by atomic mass is 10.1. The molecule has 17 heavy (non-hydrogen) atoms. The van der Waals surface area contributed by atoms with Crippen LogP contribution in [0.25, 0.3) is 10.6 Å². The second-order valence-electron chi connectivity index (χ2n) is 3.94. The number of hydrogen-bond donors (Lipinski definition) is 1. The van der Waals surface area contributed by atoms with Crippen LogP contribution in [0, 0.1) is 12.7 Å². The van der Waals surface area contributed by atoms with Crippen molar-refractivity contribution in [3.8, 4) is 10.6 Å². The third-order valence-electron chi connectivity index (χ3n) is 2.55. The molecule has 1 aromatic carbocycles. The molecule has 0 spiro atoms. The van der Waals surface area contributed by atoms with E-state index >= 15 is 0 Å². The third kappa shape index (κ3) is 2.90. The van der Waals surface area contributed by atoms with E-state index in [0.29, 0.717) is 5.56 Å². The summed E-state index contributed by atoms with van der Waals surface area (Å²) in [4.78, 5) is 4.47. The first-order valence-corrected chi connectivity index (χ1v) is 6.40. The molecule has 1 aromatic heterocycles. The minimum Gasteiger partial charge on any atom is -0.396 e. The van der Waals surface area contributed by atoms with Crippen LogP contribution in [0.4, 0.5) is 4.39 Å². The lowest BCUT2D eigenvalue weighted by molar-refractivity contribution is 0.288. The zero-order valence-corrected chi connectivity index (χ0v) is 10.4. The molecule has 0 aliphatic rings. The fourth-order valence-corrected chi connectivity index (χ4v) is 2.44. The average molecular weight is 251 g/mol. The van der Waals surface area contributed by atoms with Crippen LogP contribution in [-0.4, -0.2) is 16.7 Å². The number of aliphatic hydroxyl groups excluding tert-OH is 1. The fraction of sp³-hybridized carbons (Fsp3) is 0.308. The number of hydrogen-bond acceptors (Lipinski definition) is 3. The maximum Gasteiger partial charge on any atom is 0.126 e. The molecule has 1 heterocycles. The van der Waals surface area contributed by atoms with Gasteiger partial charge in [0.2, 0.25) is 0 Å². The van der Waals surface area contributed by atoms with Crippen LogP contribution in [0.3, 0.4) is 0 Å². The highest BCUT2D eigenvalue weighted by Gasteiger charge is 2.06. The predicted molar refractivity (Wildman–Crippen MR) is 67.7 cm³/mol. The zero-order valence-electron chi connectivity index (χ0n) is 9.61. The van der Waals surface area contributed by atoms with Gasteiger partial charge in [-0.3, -0.25) is 0 Å². The second kappa shape index (κ2) is 5.38. The molecule has 2 aromatic rings. The van der Waals surface area contributed by atoms with E-state index < -0.39 is 0 Å². The van der Waals surface area contributed by atoms with Crippen molar-refractivity contribution in [1.29, 1.82) is 0 Å². The maximum absolute atomic E-state index is 13.1. The molecule has 0 atom stereocenters. The molecular formula is C13H14FNOS. The van der Waals surface area contributed by atoms with Crippen LogP contribution in [0.5, 0.6) is 0 Å². The second-order valence-corrected chi connectivity index (χ2v) is 4.79. The first-order chi connectivity index (χ1) is 8.20. The van der Waals surface area contributed by atoms with Crippen LogP contribution in [-0.2, 0) is 6.42 Å². The SMILES string of the molecule is Cc1cc(-c2nc(CCCO)cs2)ccc1F. The molecule has 0 radical (unpaired) electrons. The van der Waals surface area contributed by atoms with Crippen molar-refractivity contribution < 1.29 is 9.50 Å². The topological polar surface area (TPSA) is 33.1 Å². The summed E-state index contributed by atoms with van der Waals surface area (Å²) >= 11 is 1.55. The van der Waals surface area contributed by atoms with Crippen molar-refractivity contribution in [1.82, 2.24) is 4.98 Å². The van der Waals surface area contributed by atoms with Crippen molar-refractivity contribution in [3.63, 3.8) is 0 Å². The molecule has 0 aliphatic heterocycles. The van der Waals surface area contributed by atoms with Gasteiger partial charge in [-0.1, -0.05) is 0 Å². The summed E-state index contributed by atoms with van der Waals surface area (Å²) in [7, 11) is 0. The summed E-state index contributed by atoms with van der Waals surface area (Å²) < 4.78 is 13.1. The van der Waals surface area contributed by atoms with E-state index in [4.69, 9.17) is 5.11 Å². The molecule has 0 saturated carbocycles. The number of nitrogens with zero attached hydrogens (tertiary/aromatic N) is 1. The Hall–Kier alpha value is -1.26. The molecule has 4 heteroatoms. The Kier molecular flexibility index (Phi) is 3.86. The molecule has 0 bridgehead atoms. The zero-order chi connectivity index (χ0) is 12.3. The quantitative estimate of drug-likeness (QED) is 0.905. The van der Waals surface area contributed by atoms with Crippen LogP contribution in [0.2, 0.25) is 0 Å². The summed E-state index contributed by atoms with van der Waals surface area (Å²) in [6, 6.07) is 5.03. The third-order valence-corrected chi connectivity index (χ3v) is 3.49. The molecule has 0 fully saturated rings. The van der Waals surface area contributed by atoms with E-state index in [0.717, 1.165) is 29.1 Å². The largest absolute Gasteiger partial charge is 0.396 e. The van der Waals surface area contributed by atoms with Gasteiger partial charge in [0.1, 0.15) is 10.8 Å². The van der Waals surface area contributed by atoms with Crippen LogP contribution in [0.1, 0.15) is 17.7 Å². The van der Waals surface area contributed by atoms with Gasteiger partial charge in [-0.2, -0.15) is 0 Å². The minimum absolute atomic E-state index is 0.183. The Morgan fingerprint density at radius 3 is 2.94 bits per heavy atom. The Bertz CT molecular complexity index is 510. The van der Waals surface area contributed by atoms with Crippen molar-refractivity contribution >= 4 is 11.3 Å². The highest BCUT2D eigenvalue weighted by molar-refractivity contribution is 7.13. The van der Waals surface area contributed by atoms with Crippen molar-refractivity contribution in [2.24, 2.45) is 0 Å². The number of thiazole rings is 1. The molecular weight excluding hydrogens is 237 g/mol. The predicted octanol–water partition coefficient (Wildman–Crippen LogP) is 3.18. The van der Waals surface area contributed by atoms with Crippen LogP contribution >= 0.6 is 11.3 Å². The summed E-state index contributed by atoms with van der Waals surface area (Å²) in [5.74, 6) is -0.189. The van der Waals surface area contributed by atoms with Gasteiger partial charge in [-0.05, 0) is 43.5 Å². The van der Waals surface area contributed by atoms with Gasteiger partial charge in [-0.15, -0.1) is 11.3 Å². The van der Waals surface area contributed by atoms with Gasteiger partial charge >= 0.3 is 0 Å². The molecule has 2 nitrogen and oxygen atoms in total. The highest BCUT2D eigenvalue weighted by atomic mass is 32.1. The standard InChI is InChI=1S/C13H14FNOS/c1-9-7-10(4-5-12(9)14)13-15-11(8-17-13)3-2-6-16/h4-5,7-8,16H,2-3,6H2,1H3. The van der Waals surface area contributed by atoms with Crippen LogP contribution < -0.4 is 0 Å². The van der Waals surface area contributed by atoms with Gasteiger partial charge in [0.15, 0.2) is 0 Å². The first-order valence-electron chi connectivity index (χ1n) is 5.52. The molecule has 0 saturated heterocycles. The summed E-state index contributed by atoms with van der Waals surface area (Å²) in [6.07, 6.45) is 1.51. The first kappa shape index (κ1) is 12.2. The van der Waals surface area contributed by atoms with Gasteiger partial charge in [-0.25, -0.2) is 9.37 Å². The molecule has 0 unspecified atom stereocenters. The Labute approximate surface area is 104 Å². The Morgan fingerprint density at radius 1 is 1.41 bits per heavy atom. The molecule has 2 rings (SSSR count). The van der Waals surface area contributed by atoms with E-state index in [9.17, 15) is 4.39 Å². The number of benzene rings is 1. The van der Waals surface area contributed by atoms with Gasteiger partial charge in [0.25, 0.3) is 0 Å². The monoisotopic (exact) mass is 251 g/mol. The number of aliphatic hydroxyl groups is 1. The summed E-state index contributed by atoms with van der Waals surface area (Å²) in [5.41, 5.74) is 2.57. The highest BCUT2D eigenvalue weighted by Crippen LogP contribution is 2.25. The van der Waals surface area contributed by atoms with Crippen LogP contribution in [0.15, 0.2) is 23.6 Å². The van der Waals surface area contributed by atoms with Crippen molar-refractivity contribution in [2.45, 2.75) is 19.8 Å². The smallest absolute Gasteiger partial charge is 0.126 e. The lowest BCUT2D eigenvalue weighted by Gasteiger charge is -1.99. The Balaban J connectivity index is 2.21. The maximum atomic E-state index is 13.1. The molecule has 90 valence electrons. The number of halogens is 1. The fourth-order valence-electron chi connectivity index (χ4n) is 1.59. The van der Waals surface area contributed by atoms with Gasteiger partial charge < -0.3 is 5.11 Å². The Morgan fingerprint density at radius 2 is 2.24 bits per heavy atom. The van der Waals surface area contributed by atoms with E-state index in [-0.39, 0.29) is 12.4 Å². The number of aryl methyl sites for hydroxylation is 2. The van der Waals surface area contributed by atoms with Gasteiger partial charge in [0.05, 0.1) is 5.69 Å². The van der Waals surface area contributed by atoms with E-state index in [1.807, 2.05) is 11.4 Å². The van der Waals surface area contributed by atoms with Crippen molar-refractivity contribution in [2.75, 3.05) is 6.61 Å². The summed E-state index contributed by atoms with van der Waals surface area (Å²) in [6.45, 7) is 1.93. The summed E-state index contributed by atoms with van der Waals surface area (Å²) in [5, 5.41) is 11.6. The molecule has 1 N–H and O–H groups in total. The molecule has 0 amide bonds. The molecule has 0 aliphatic carbocycles. The van der Waals surface area contributed by atoms with E-state index in [2.05, 4.69) is 4.98 Å². The van der Waals surface area contributed by atoms with Crippen molar-refractivity contribution in [3.05, 3.63) is 40.7 Å². The van der Waals surface area contributed by atoms with Gasteiger partial charge in [0, 0.05) is 17.6 Å². The number of rotatable bonds is 4. The van der Waals surface area contributed by atoms with E-state index in [1.54, 1.807) is 24.3 Å².